The first kappa shape index (κ1) is 44.3. The van der Waals surface area contributed by atoms with Gasteiger partial charge in [-0.3, -0.25) is 28.6 Å². The molecule has 0 unspecified atom stereocenters. The van der Waals surface area contributed by atoms with Crippen molar-refractivity contribution in [3.63, 3.8) is 0 Å². The minimum Gasteiger partial charge on any atom is -0.465 e. The van der Waals surface area contributed by atoms with E-state index in [9.17, 15) is 33.7 Å². The molecule has 2 aromatic carbocycles. The van der Waals surface area contributed by atoms with Gasteiger partial charge in [0.1, 0.15) is 6.04 Å². The molecule has 0 radical (unpaired) electrons. The summed E-state index contributed by atoms with van der Waals surface area (Å²) >= 11 is 0. The first-order chi connectivity index (χ1) is 25.2. The van der Waals surface area contributed by atoms with Gasteiger partial charge in [0.15, 0.2) is 0 Å². The number of carbonyl (C=O) groups is 3. The molecule has 14 heteroatoms. The molecule has 0 aliphatic carbocycles. The molecule has 1 heterocycles. The van der Waals surface area contributed by atoms with Crippen LogP contribution in [-0.4, -0.2) is 104 Å². The number of nitrogens with one attached hydrogen (secondary N) is 4. The van der Waals surface area contributed by atoms with Crippen molar-refractivity contribution in [2.24, 2.45) is 10.8 Å². The van der Waals surface area contributed by atoms with E-state index in [1.165, 1.54) is 13.3 Å². The van der Waals surface area contributed by atoms with Crippen LogP contribution in [-0.2, 0) is 22.4 Å². The number of likely N-dealkylation sites (N-methyl/N-ethyl adjacent to an activating group) is 1. The third kappa shape index (κ3) is 14.3. The van der Waals surface area contributed by atoms with Gasteiger partial charge >= 0.3 is 6.09 Å². The summed E-state index contributed by atoms with van der Waals surface area (Å²) in [6.07, 6.45) is 1.31. The van der Waals surface area contributed by atoms with Gasteiger partial charge in [0, 0.05) is 44.2 Å². The third-order valence-corrected chi connectivity index (χ3v) is 9.85. The van der Waals surface area contributed by atoms with E-state index in [4.69, 9.17) is 0 Å². The topological polar surface area (TPSA) is 196 Å². The second-order valence-electron chi connectivity index (χ2n) is 16.1. The lowest BCUT2D eigenvalue weighted by molar-refractivity contribution is -0.130. The molecule has 0 saturated heterocycles. The van der Waals surface area contributed by atoms with Crippen molar-refractivity contribution < 1.29 is 33.7 Å². The van der Waals surface area contributed by atoms with Crippen molar-refractivity contribution in [1.82, 2.24) is 30.6 Å². The molecule has 5 atom stereocenters. The molecular formula is C40H60N6O7S. The van der Waals surface area contributed by atoms with E-state index in [1.807, 2.05) is 93.6 Å². The second kappa shape index (κ2) is 19.5. The van der Waals surface area contributed by atoms with E-state index >= 15 is 0 Å². The van der Waals surface area contributed by atoms with Crippen LogP contribution < -0.4 is 20.7 Å². The first-order valence-electron chi connectivity index (χ1n) is 18.2. The minimum absolute atomic E-state index is 0.0467. The minimum atomic E-state index is -2.91. The zero-order chi connectivity index (χ0) is 40.3. The highest BCUT2D eigenvalue weighted by Crippen LogP contribution is 2.27. The van der Waals surface area contributed by atoms with E-state index < -0.39 is 63.9 Å². The summed E-state index contributed by atoms with van der Waals surface area (Å²) in [5.41, 5.74) is 2.21. The fourth-order valence-corrected chi connectivity index (χ4v) is 6.98. The number of hydrogen-bond donors (Lipinski definition) is 8. The van der Waals surface area contributed by atoms with Crippen molar-refractivity contribution in [2.75, 3.05) is 26.4 Å². The van der Waals surface area contributed by atoms with Gasteiger partial charge in [0.05, 0.1) is 23.9 Å². The largest absolute Gasteiger partial charge is 0.465 e. The second-order valence-corrected chi connectivity index (χ2v) is 18.0. The molecule has 3 rings (SSSR count). The summed E-state index contributed by atoms with van der Waals surface area (Å²) in [5.74, 6) is -0.834. The van der Waals surface area contributed by atoms with Gasteiger partial charge < -0.3 is 26.2 Å². The fraction of sp³-hybridized carbons (Fsp3) is 0.500. The highest BCUT2D eigenvalue weighted by atomic mass is 32.3. The summed E-state index contributed by atoms with van der Waals surface area (Å²) in [6, 6.07) is 19.8. The quantitative estimate of drug-likeness (QED) is 0.0800. The molecule has 298 valence electrons. The average molecular weight is 769 g/mol. The number of rotatable bonds is 18. The molecule has 0 fully saturated rings. The maximum atomic E-state index is 14.0. The Balaban J connectivity index is 1.94. The Kier molecular flexibility index (Phi) is 16.0. The summed E-state index contributed by atoms with van der Waals surface area (Å²) in [6.45, 7) is 11.6. The Morgan fingerprint density at radius 3 is 1.94 bits per heavy atom. The van der Waals surface area contributed by atoms with E-state index in [2.05, 4.69) is 25.7 Å². The Hall–Kier alpha value is -4.05. The number of aliphatic hydroxyl groups is 1. The van der Waals surface area contributed by atoms with Crippen LogP contribution in [0, 0.1) is 10.8 Å². The number of amides is 3. The predicted octanol–water partition coefficient (Wildman–Crippen LogP) is 5.17. The molecule has 1 aromatic heterocycles. The first-order valence-corrected chi connectivity index (χ1v) is 20.1. The lowest BCUT2D eigenvalue weighted by Gasteiger charge is -2.37. The fourth-order valence-electron chi connectivity index (χ4n) is 6.49. The number of nitrogens with zero attached hydrogens (tertiary/aromatic N) is 2. The van der Waals surface area contributed by atoms with Crippen LogP contribution in [0.5, 0.6) is 0 Å². The normalized spacial score (nSPS) is 15.3. The third-order valence-electron chi connectivity index (χ3n) is 9.09. The van der Waals surface area contributed by atoms with Crippen LogP contribution in [0.25, 0.3) is 11.3 Å². The number of aliphatic hydroxyl groups excluding tert-OH is 1. The maximum absolute atomic E-state index is 14.0. The van der Waals surface area contributed by atoms with Gasteiger partial charge in [-0.2, -0.15) is 0 Å². The molecule has 3 amide bonds. The number of aromatic nitrogens is 1. The molecule has 0 bridgehead atoms. The van der Waals surface area contributed by atoms with E-state index in [0.29, 0.717) is 12.8 Å². The van der Waals surface area contributed by atoms with Crippen LogP contribution in [0.1, 0.15) is 59.1 Å². The highest BCUT2D eigenvalue weighted by molar-refractivity contribution is 8.22. The van der Waals surface area contributed by atoms with Crippen LogP contribution in [0.2, 0.25) is 0 Å². The zero-order valence-electron chi connectivity index (χ0n) is 32.7. The molecular weight excluding hydrogens is 709 g/mol. The highest BCUT2D eigenvalue weighted by Gasteiger charge is 2.39. The number of carbonyl (C=O) groups excluding carboxylic acids is 2. The smallest absolute Gasteiger partial charge is 0.407 e. The lowest BCUT2D eigenvalue weighted by Crippen LogP contribution is -2.58. The number of carboxylic acid groups (broad SMARTS) is 1. The van der Waals surface area contributed by atoms with E-state index in [0.717, 1.165) is 27.3 Å². The average Bonchev–Trinajstić information content (AvgIpc) is 3.07. The molecule has 0 saturated carbocycles. The molecule has 3 aromatic rings. The Bertz CT molecular complexity index is 1630. The SMILES string of the molecule is CN(C(=O)O)[C@H](C(=O)N[C@H](Cc1ccc(-c2ccccn2)cc1)C[C@H](O)[C@H](Cc1ccccc1)NC(=O)[C@@H](NCCNS(C)(O)O)C(C)(C)C)C(C)(C)C. The van der Waals surface area contributed by atoms with Crippen LogP contribution in [0.15, 0.2) is 79.0 Å². The van der Waals surface area contributed by atoms with Crippen LogP contribution in [0.3, 0.4) is 0 Å². The van der Waals surface area contributed by atoms with Crippen molar-refractivity contribution in [2.45, 2.75) is 91.1 Å². The number of benzene rings is 2. The van der Waals surface area contributed by atoms with Crippen LogP contribution >= 0.6 is 10.8 Å². The maximum Gasteiger partial charge on any atom is 0.407 e. The Morgan fingerprint density at radius 2 is 1.41 bits per heavy atom. The summed E-state index contributed by atoms with van der Waals surface area (Å²) in [4.78, 5) is 45.4. The van der Waals surface area contributed by atoms with Crippen molar-refractivity contribution >= 4 is 28.7 Å². The standard InChI is InChI=1S/C40H60N6O7S/c1-39(2,3)34(42-22-23-43-54(8,52)53)36(48)45-32(25-27-14-10-9-11-15-27)33(47)26-30(44-37(49)35(40(4,5)6)46(7)38(50)51)24-28-17-19-29(20-18-28)31-16-12-13-21-41-31/h9-21,30,32-35,42-43,47,52-53H,22-26H2,1-8H3,(H,44,49)(H,45,48)(H,50,51)/t30-,32+,33+,34-,35-/m1/s1. The Labute approximate surface area is 321 Å². The van der Waals surface area contributed by atoms with Gasteiger partial charge in [0.25, 0.3) is 0 Å². The van der Waals surface area contributed by atoms with E-state index in [-0.39, 0.29) is 25.4 Å². The van der Waals surface area contributed by atoms with Gasteiger partial charge in [0.2, 0.25) is 11.8 Å². The zero-order valence-corrected chi connectivity index (χ0v) is 33.6. The summed E-state index contributed by atoms with van der Waals surface area (Å²) in [7, 11) is -1.54. The van der Waals surface area contributed by atoms with Crippen LogP contribution in [0.4, 0.5) is 4.79 Å². The molecule has 0 aliphatic rings. The molecule has 8 N–H and O–H groups in total. The van der Waals surface area contributed by atoms with E-state index in [1.54, 1.807) is 27.0 Å². The van der Waals surface area contributed by atoms with Crippen molar-refractivity contribution in [3.8, 4) is 11.3 Å². The van der Waals surface area contributed by atoms with Gasteiger partial charge in [-0.15, -0.1) is 10.8 Å². The summed E-state index contributed by atoms with van der Waals surface area (Å²) in [5, 5.41) is 31.2. The van der Waals surface area contributed by atoms with Gasteiger partial charge in [-0.1, -0.05) is 102 Å². The lowest BCUT2D eigenvalue weighted by atomic mass is 9.84. The molecule has 0 spiro atoms. The molecule has 0 aliphatic heterocycles. The van der Waals surface area contributed by atoms with Gasteiger partial charge in [-0.25, -0.2) is 9.52 Å². The predicted molar refractivity (Wildman–Crippen MR) is 215 cm³/mol. The molecule has 54 heavy (non-hydrogen) atoms. The van der Waals surface area contributed by atoms with Gasteiger partial charge in [-0.05, 0) is 53.4 Å². The number of pyridine rings is 1. The Morgan fingerprint density at radius 1 is 0.796 bits per heavy atom. The monoisotopic (exact) mass is 768 g/mol. The van der Waals surface area contributed by atoms with Crippen molar-refractivity contribution in [3.05, 3.63) is 90.1 Å². The summed E-state index contributed by atoms with van der Waals surface area (Å²) < 4.78 is 22.1. The molecule has 13 nitrogen and oxygen atoms in total. The van der Waals surface area contributed by atoms with Crippen molar-refractivity contribution in [1.29, 1.82) is 0 Å². The number of hydrogen-bond acceptors (Lipinski definition) is 9.